The molecule has 0 bridgehead atoms. The van der Waals surface area contributed by atoms with Crippen LogP contribution in [0.25, 0.3) is 10.8 Å². The van der Waals surface area contributed by atoms with Crippen molar-refractivity contribution in [3.63, 3.8) is 0 Å². The van der Waals surface area contributed by atoms with Crippen molar-refractivity contribution in [3.05, 3.63) is 42.0 Å². The molecular formula is C15H12F2I2. The van der Waals surface area contributed by atoms with Crippen LogP contribution in [0.2, 0.25) is 0 Å². The SMILES string of the molecule is Cc1ccc2cc3c(c(I)c2c1I)C(F)(F)C(C)C3. The highest BCUT2D eigenvalue weighted by Crippen LogP contribution is 2.50. The summed E-state index contributed by atoms with van der Waals surface area (Å²) in [4.78, 5) is 0. The van der Waals surface area contributed by atoms with Gasteiger partial charge in [0.1, 0.15) is 0 Å². The summed E-state index contributed by atoms with van der Waals surface area (Å²) >= 11 is 4.36. The third-order valence-corrected chi connectivity index (χ3v) is 6.40. The molecule has 0 aliphatic heterocycles. The Labute approximate surface area is 138 Å². The minimum Gasteiger partial charge on any atom is -0.201 e. The number of hydrogen-bond donors (Lipinski definition) is 0. The average Bonchev–Trinajstić information content (AvgIpc) is 2.55. The van der Waals surface area contributed by atoms with Crippen LogP contribution in [0.3, 0.4) is 0 Å². The molecular weight excluding hydrogens is 472 g/mol. The zero-order valence-electron chi connectivity index (χ0n) is 10.5. The molecule has 3 rings (SSSR count). The molecule has 0 N–H and O–H groups in total. The zero-order valence-corrected chi connectivity index (χ0v) is 14.8. The Morgan fingerprint density at radius 1 is 1.21 bits per heavy atom. The van der Waals surface area contributed by atoms with Crippen LogP contribution < -0.4 is 0 Å². The van der Waals surface area contributed by atoms with Crippen LogP contribution >= 0.6 is 45.2 Å². The molecule has 0 saturated heterocycles. The Morgan fingerprint density at radius 2 is 1.89 bits per heavy atom. The molecule has 4 heteroatoms. The van der Waals surface area contributed by atoms with Crippen LogP contribution in [0.15, 0.2) is 18.2 Å². The van der Waals surface area contributed by atoms with E-state index >= 15 is 0 Å². The zero-order chi connectivity index (χ0) is 13.9. The van der Waals surface area contributed by atoms with Crippen molar-refractivity contribution < 1.29 is 8.78 Å². The van der Waals surface area contributed by atoms with Gasteiger partial charge in [-0.15, -0.1) is 0 Å². The highest BCUT2D eigenvalue weighted by atomic mass is 127. The monoisotopic (exact) mass is 484 g/mol. The molecule has 0 amide bonds. The van der Waals surface area contributed by atoms with E-state index in [4.69, 9.17) is 0 Å². The van der Waals surface area contributed by atoms with E-state index in [0.29, 0.717) is 6.42 Å². The van der Waals surface area contributed by atoms with Gasteiger partial charge in [-0.2, -0.15) is 0 Å². The van der Waals surface area contributed by atoms with Crippen LogP contribution in [0.1, 0.15) is 23.6 Å². The molecule has 0 radical (unpaired) electrons. The van der Waals surface area contributed by atoms with Crippen molar-refractivity contribution >= 4 is 56.0 Å². The smallest absolute Gasteiger partial charge is 0.201 e. The normalized spacial score (nSPS) is 20.8. The fourth-order valence-corrected chi connectivity index (χ4v) is 5.35. The lowest BCUT2D eigenvalue weighted by Crippen LogP contribution is -2.18. The van der Waals surface area contributed by atoms with Gasteiger partial charge in [0.15, 0.2) is 0 Å². The molecule has 0 nitrogen and oxygen atoms in total. The van der Waals surface area contributed by atoms with Crippen molar-refractivity contribution in [2.24, 2.45) is 5.92 Å². The summed E-state index contributed by atoms with van der Waals surface area (Å²) in [5, 5.41) is 2.05. The second-order valence-corrected chi connectivity index (χ2v) is 7.40. The third-order valence-electron chi connectivity index (χ3n) is 3.94. The predicted octanol–water partition coefficient (Wildman–Crippen LogP) is 5.64. The summed E-state index contributed by atoms with van der Waals surface area (Å²) in [6.45, 7) is 3.66. The fourth-order valence-electron chi connectivity index (χ4n) is 2.79. The van der Waals surface area contributed by atoms with Gasteiger partial charge < -0.3 is 0 Å². The lowest BCUT2D eigenvalue weighted by atomic mass is 10.00. The van der Waals surface area contributed by atoms with E-state index in [2.05, 4.69) is 51.2 Å². The number of benzene rings is 2. The lowest BCUT2D eigenvalue weighted by Gasteiger charge is -2.18. The van der Waals surface area contributed by atoms with Gasteiger partial charge in [0.2, 0.25) is 0 Å². The van der Waals surface area contributed by atoms with E-state index in [-0.39, 0.29) is 5.56 Å². The van der Waals surface area contributed by atoms with Crippen LogP contribution in [-0.4, -0.2) is 0 Å². The molecule has 0 saturated carbocycles. The van der Waals surface area contributed by atoms with Crippen LogP contribution in [0.5, 0.6) is 0 Å². The molecule has 0 fully saturated rings. The highest BCUT2D eigenvalue weighted by Gasteiger charge is 2.47. The molecule has 0 spiro atoms. The van der Waals surface area contributed by atoms with E-state index in [9.17, 15) is 8.78 Å². The molecule has 1 unspecified atom stereocenters. The van der Waals surface area contributed by atoms with Crippen molar-refractivity contribution in [2.45, 2.75) is 26.2 Å². The maximum Gasteiger partial charge on any atom is 0.277 e. The maximum absolute atomic E-state index is 14.3. The molecule has 1 aliphatic carbocycles. The number of hydrogen-bond acceptors (Lipinski definition) is 0. The summed E-state index contributed by atoms with van der Waals surface area (Å²) in [7, 11) is 0. The number of alkyl halides is 2. The largest absolute Gasteiger partial charge is 0.277 e. The second-order valence-electron chi connectivity index (χ2n) is 5.25. The topological polar surface area (TPSA) is 0 Å². The summed E-state index contributed by atoms with van der Waals surface area (Å²) in [6, 6.07) is 6.05. The van der Waals surface area contributed by atoms with Gasteiger partial charge in [0, 0.05) is 24.0 Å². The Balaban J connectivity index is 2.45. The van der Waals surface area contributed by atoms with Gasteiger partial charge in [-0.1, -0.05) is 25.1 Å². The van der Waals surface area contributed by atoms with Crippen molar-refractivity contribution in [1.29, 1.82) is 0 Å². The van der Waals surface area contributed by atoms with Crippen molar-refractivity contribution in [1.82, 2.24) is 0 Å². The lowest BCUT2D eigenvalue weighted by molar-refractivity contribution is -0.0456. The molecule has 2 aromatic rings. The summed E-state index contributed by atoms with van der Waals surface area (Å²) < 4.78 is 30.5. The number of halogens is 4. The maximum atomic E-state index is 14.3. The standard InChI is InChI=1S/C15H12F2I2/c1-7-3-4-9-6-10-5-8(2)15(16,17)12(10)14(19)11(9)13(7)18/h3-4,6,8H,5H2,1-2H3. The van der Waals surface area contributed by atoms with E-state index in [1.54, 1.807) is 6.92 Å². The molecule has 1 atom stereocenters. The summed E-state index contributed by atoms with van der Waals surface area (Å²) in [5.74, 6) is -3.31. The van der Waals surface area contributed by atoms with E-state index in [1.165, 1.54) is 0 Å². The number of aryl methyl sites for hydroxylation is 1. The van der Waals surface area contributed by atoms with Crippen molar-refractivity contribution in [3.8, 4) is 0 Å². The van der Waals surface area contributed by atoms with Gasteiger partial charge >= 0.3 is 0 Å². The van der Waals surface area contributed by atoms with E-state index in [1.807, 2.05) is 19.1 Å². The Morgan fingerprint density at radius 3 is 2.58 bits per heavy atom. The predicted molar refractivity (Wildman–Crippen MR) is 90.9 cm³/mol. The molecule has 0 heterocycles. The van der Waals surface area contributed by atoms with Gasteiger partial charge in [0.05, 0.1) is 0 Å². The quantitative estimate of drug-likeness (QED) is 0.425. The summed E-state index contributed by atoms with van der Waals surface area (Å²) in [5.41, 5.74) is 2.21. The second kappa shape index (κ2) is 4.51. The first kappa shape index (κ1) is 14.0. The molecule has 2 aromatic carbocycles. The van der Waals surface area contributed by atoms with E-state index in [0.717, 1.165) is 29.0 Å². The Kier molecular flexibility index (Phi) is 3.32. The Hall–Kier alpha value is 0.0200. The molecule has 0 aromatic heterocycles. The van der Waals surface area contributed by atoms with Gasteiger partial charge in [-0.05, 0) is 75.0 Å². The van der Waals surface area contributed by atoms with Gasteiger partial charge in [-0.3, -0.25) is 0 Å². The molecule has 1 aliphatic rings. The van der Waals surface area contributed by atoms with Crippen molar-refractivity contribution in [2.75, 3.05) is 0 Å². The first-order valence-electron chi connectivity index (χ1n) is 6.12. The molecule has 19 heavy (non-hydrogen) atoms. The van der Waals surface area contributed by atoms with E-state index < -0.39 is 11.8 Å². The number of rotatable bonds is 0. The van der Waals surface area contributed by atoms with Gasteiger partial charge in [-0.25, -0.2) is 8.78 Å². The Bertz CT molecular complexity index is 692. The molecule has 100 valence electrons. The highest BCUT2D eigenvalue weighted by molar-refractivity contribution is 14.1. The first-order chi connectivity index (χ1) is 8.84. The third kappa shape index (κ3) is 1.92. The fraction of sp³-hybridized carbons (Fsp3) is 0.333. The van der Waals surface area contributed by atoms with Gasteiger partial charge in [0.25, 0.3) is 5.92 Å². The summed E-state index contributed by atoms with van der Waals surface area (Å²) in [6.07, 6.45) is 0.471. The number of fused-ring (bicyclic) bond motifs is 2. The minimum atomic E-state index is -2.70. The van der Waals surface area contributed by atoms with Crippen LogP contribution in [0, 0.1) is 20.0 Å². The average molecular weight is 484 g/mol. The van der Waals surface area contributed by atoms with Crippen LogP contribution in [0.4, 0.5) is 8.78 Å². The first-order valence-corrected chi connectivity index (χ1v) is 8.28. The minimum absolute atomic E-state index is 0.261. The van der Waals surface area contributed by atoms with Crippen LogP contribution in [-0.2, 0) is 12.3 Å².